The largest absolute Gasteiger partial charge is 0.285 e. The van der Waals surface area contributed by atoms with Crippen LogP contribution in [0, 0.1) is 160 Å². The Kier molecular flexibility index (Phi) is 64.8. The highest BCUT2D eigenvalue weighted by atomic mass is 14.8. The molecule has 138 heavy (non-hydrogen) atoms. The van der Waals surface area contributed by atoms with Crippen LogP contribution in [0.1, 0.15) is 443 Å². The van der Waals surface area contributed by atoms with E-state index in [1.165, 1.54) is 161 Å². The van der Waals surface area contributed by atoms with Gasteiger partial charge in [-0.3, -0.25) is 20.0 Å². The van der Waals surface area contributed by atoms with Crippen LogP contribution in [0.4, 0.5) is 5.69 Å². The average Bonchev–Trinajstić information content (AvgIpc) is 1.69. The van der Waals surface area contributed by atoms with E-state index in [-0.39, 0.29) is 0 Å². The lowest BCUT2D eigenvalue weighted by atomic mass is 9.73. The molecule has 14 rings (SSSR count). The van der Waals surface area contributed by atoms with E-state index in [4.69, 9.17) is 0 Å². The Morgan fingerprint density at radius 3 is 1.04 bits per heavy atom. The van der Waals surface area contributed by atoms with Gasteiger partial charge in [-0.15, -0.1) is 0 Å². The van der Waals surface area contributed by atoms with E-state index in [1.807, 2.05) is 12.3 Å². The fraction of sp³-hybridized carbons (Fsp3) is 0.687. The van der Waals surface area contributed by atoms with Gasteiger partial charge >= 0.3 is 0 Å². The predicted molar refractivity (Wildman–Crippen MR) is 631 cm³/mol. The summed E-state index contributed by atoms with van der Waals surface area (Å²) in [6.45, 7) is 107. The molecule has 0 aromatic heterocycles. The molecule has 0 bridgehead atoms. The molecule has 0 spiro atoms. The van der Waals surface area contributed by atoms with Gasteiger partial charge < -0.3 is 0 Å². The van der Waals surface area contributed by atoms with Gasteiger partial charge in [-0.25, -0.2) is 0 Å². The van der Waals surface area contributed by atoms with Gasteiger partial charge in [-0.2, -0.15) is 0 Å². The summed E-state index contributed by atoms with van der Waals surface area (Å²) in [5.74, 6) is 21.4. The van der Waals surface area contributed by atoms with Gasteiger partial charge in [0.05, 0.1) is 12.2 Å². The van der Waals surface area contributed by atoms with E-state index in [1.54, 1.807) is 27.9 Å². The van der Waals surface area contributed by atoms with Crippen LogP contribution in [0.2, 0.25) is 0 Å². The van der Waals surface area contributed by atoms with Crippen molar-refractivity contribution in [3.63, 3.8) is 0 Å². The maximum absolute atomic E-state index is 4.57. The summed E-state index contributed by atoms with van der Waals surface area (Å²) in [5, 5.41) is 0. The van der Waals surface area contributed by atoms with E-state index >= 15 is 0 Å². The summed E-state index contributed by atoms with van der Waals surface area (Å²) >= 11 is 0. The summed E-state index contributed by atoms with van der Waals surface area (Å²) < 4.78 is 0. The first kappa shape index (κ1) is 130. The van der Waals surface area contributed by atoms with Gasteiger partial charge in [0.1, 0.15) is 0 Å². The van der Waals surface area contributed by atoms with E-state index in [9.17, 15) is 0 Å². The minimum atomic E-state index is 0.581. The van der Waals surface area contributed by atoms with Gasteiger partial charge in [0.25, 0.3) is 0 Å². The van der Waals surface area contributed by atoms with Gasteiger partial charge in [0.2, 0.25) is 0 Å². The fourth-order valence-corrected chi connectivity index (χ4v) is 18.0. The van der Waals surface area contributed by atoms with E-state index in [0.717, 1.165) is 139 Å². The molecule has 2 fully saturated rings. The van der Waals surface area contributed by atoms with Crippen LogP contribution in [0.25, 0.3) is 11.6 Å². The third-order valence-electron chi connectivity index (χ3n) is 28.7. The third kappa shape index (κ3) is 52.8. The van der Waals surface area contributed by atoms with Crippen LogP contribution in [-0.2, 0) is 19.3 Å². The maximum Gasteiger partial charge on any atom is 0.0665 e. The lowest BCUT2D eigenvalue weighted by molar-refractivity contribution is 0.189. The van der Waals surface area contributed by atoms with Crippen LogP contribution in [0.15, 0.2) is 198 Å². The number of para-hydroxylation sites is 1. The van der Waals surface area contributed by atoms with Crippen molar-refractivity contribution in [2.75, 3.05) is 6.54 Å². The van der Waals surface area contributed by atoms with E-state index < -0.39 is 0 Å². The monoisotopic (exact) mass is 1890 g/mol. The maximum atomic E-state index is 4.57. The summed E-state index contributed by atoms with van der Waals surface area (Å²) in [5.41, 5.74) is 29.0. The van der Waals surface area contributed by atoms with Crippen molar-refractivity contribution in [1.82, 2.24) is 0 Å². The molecule has 3 unspecified atom stereocenters. The molecule has 0 radical (unpaired) electrons. The molecule has 3 aromatic rings. The zero-order valence-corrected chi connectivity index (χ0v) is 99.8. The number of rotatable bonds is 19. The number of hydrogen-bond donors (Lipinski definition) is 0. The van der Waals surface area contributed by atoms with Crippen molar-refractivity contribution in [3.8, 4) is 0 Å². The minimum absolute atomic E-state index is 0.581. The first-order valence-electron chi connectivity index (χ1n) is 56.9. The SMILES string of the molecule is CC(C)C.CC(C)C.CC(C)C.CC(C)C1=CC(C(C)C)=NC1.CC(C)C1=CC=C(C(C)C)C1.CC(C)C1=CCC(C(C)C)=C1.CC(C)C1=CCC(C(C)C)=N1.CC(C)C1=CCC(C(C)C)CC1.CC(C)C1=CCc2ccccc21.CC(C)C1=CN=C(C(C)C)C1.CC(C)C1=Cc2ccccc2C1.CC(C)C1=Nc2ccccc2C1.CC(C)C1CCC(C(C)C)C1.CC(C)C1CCC(C(C)C)CC1. The van der Waals surface area contributed by atoms with Crippen molar-refractivity contribution in [2.45, 2.75) is 435 Å². The van der Waals surface area contributed by atoms with Crippen molar-refractivity contribution in [1.29, 1.82) is 0 Å². The van der Waals surface area contributed by atoms with Crippen LogP contribution in [0.3, 0.4) is 0 Å². The third-order valence-corrected chi connectivity index (χ3v) is 28.7. The summed E-state index contributed by atoms with van der Waals surface area (Å²) in [4.78, 5) is 18.0. The number of hydrogen-bond acceptors (Lipinski definition) is 4. The topological polar surface area (TPSA) is 49.4 Å². The van der Waals surface area contributed by atoms with Gasteiger partial charge in [-0.1, -0.05) is 469 Å². The van der Waals surface area contributed by atoms with Crippen molar-refractivity contribution in [2.24, 2.45) is 180 Å². The standard InChI is InChI=1S/2C12H14.C12H24.C12H22.C11H13N.C11H22.2C11H18.3C10H17N.3C4H10/c1-9(2)12-7-10-5-3-4-6-11(10)8-12;1-9(2)11-8-7-10-5-3-4-6-12(10)11;2*1-9(2)11-5-7-12(8-6-11)10(3)4;1-8(2)11-7-9-5-3-4-6-10(9)12-11;3*1-8(2)10-5-6-11(7-10)9(3)4;2*1-7(2)9-5-10(8(3)4)11-6-9;1-7(2)9-5-6-10(11-9)8(3)4;3*1-4(2)3/h3-7,9H,8H2,1-2H3;3-6,8-9H,7H2,1-2H3;9-12H,5-8H2,1-4H3;5,9-10,12H,6-8H2,1-4H3;3-6,8H,7H2,1-2H3;8-11H,5-7H2,1-4H3;5,7-9H,6H2,1-4H3;5-6,8-9H,7H2,1-4H3;6-8H,5H2,1-4H3;2*5,7-8H,6H2,1-4H3;3*4H,1-3H3. The van der Waals surface area contributed by atoms with Gasteiger partial charge in [0, 0.05) is 54.0 Å². The molecule has 3 aromatic carbocycles. The first-order chi connectivity index (χ1) is 64.4. The Morgan fingerprint density at radius 2 is 0.710 bits per heavy atom. The predicted octanol–water partition coefficient (Wildman–Crippen LogP) is 42.2. The molecule has 4 nitrogen and oxygen atoms in total. The molecular formula is C134H226N4. The molecule has 11 aliphatic rings. The molecular weight excluding hydrogens is 1670 g/mol. The molecule has 0 N–H and O–H groups in total. The Bertz CT molecular complexity index is 4000. The molecule has 0 saturated heterocycles. The van der Waals surface area contributed by atoms with Gasteiger partial charge in [-0.05, 0) is 312 Å². The molecule has 4 aliphatic heterocycles. The Labute approximate surface area is 861 Å². The zero-order chi connectivity index (χ0) is 105. The molecule has 782 valence electrons. The van der Waals surface area contributed by atoms with E-state index in [2.05, 4.69) is 467 Å². The second-order valence-electron chi connectivity index (χ2n) is 50.1. The van der Waals surface area contributed by atoms with Crippen molar-refractivity contribution in [3.05, 3.63) is 206 Å². The summed E-state index contributed by atoms with van der Waals surface area (Å²) in [6.07, 6.45) is 45.5. The van der Waals surface area contributed by atoms with Crippen molar-refractivity contribution >= 4 is 40.2 Å². The summed E-state index contributed by atoms with van der Waals surface area (Å²) in [7, 11) is 0. The smallest absolute Gasteiger partial charge is 0.0665 e. The number of aliphatic imine (C=N–C) groups is 4. The highest BCUT2D eigenvalue weighted by Gasteiger charge is 2.30. The highest BCUT2D eigenvalue weighted by molar-refractivity contribution is 5.99. The molecule has 4 heteroatoms. The van der Waals surface area contributed by atoms with Gasteiger partial charge in [0.15, 0.2) is 0 Å². The van der Waals surface area contributed by atoms with Crippen molar-refractivity contribution < 1.29 is 0 Å². The number of benzene rings is 3. The molecule has 4 heterocycles. The van der Waals surface area contributed by atoms with Crippen LogP contribution < -0.4 is 0 Å². The summed E-state index contributed by atoms with van der Waals surface area (Å²) in [6, 6.07) is 25.7. The van der Waals surface area contributed by atoms with Crippen LogP contribution in [-0.4, -0.2) is 29.4 Å². The fourth-order valence-electron chi connectivity index (χ4n) is 18.0. The molecule has 0 amide bonds. The Balaban J connectivity index is 0.000000750. The zero-order valence-electron chi connectivity index (χ0n) is 99.8. The number of nitrogens with zero attached hydrogens (tertiary/aromatic N) is 4. The number of allylic oxidation sites excluding steroid dienone is 17. The van der Waals surface area contributed by atoms with Crippen LogP contribution >= 0.6 is 0 Å². The second-order valence-corrected chi connectivity index (χ2v) is 50.1. The minimum Gasteiger partial charge on any atom is -0.285 e. The lowest BCUT2D eigenvalue weighted by Crippen LogP contribution is -2.21. The number of fused-ring (bicyclic) bond motifs is 3. The van der Waals surface area contributed by atoms with Crippen LogP contribution in [0.5, 0.6) is 0 Å². The molecule has 2 saturated carbocycles. The highest BCUT2D eigenvalue weighted by Crippen LogP contribution is 2.42. The first-order valence-corrected chi connectivity index (χ1v) is 56.9. The Morgan fingerprint density at radius 1 is 0.275 bits per heavy atom. The Hall–Kier alpha value is -6.26. The lowest BCUT2D eigenvalue weighted by Gasteiger charge is -2.32. The normalized spacial score (nSPS) is 19.1. The second kappa shape index (κ2) is 68.9. The average molecular weight is 1890 g/mol. The quantitative estimate of drug-likeness (QED) is 0.107. The molecule has 7 aliphatic carbocycles. The van der Waals surface area contributed by atoms with E-state index in [0.29, 0.717) is 59.2 Å². The molecule has 3 atom stereocenters.